The van der Waals surface area contributed by atoms with Gasteiger partial charge in [-0.2, -0.15) is 18.2 Å². The molecule has 0 fully saturated rings. The molecule has 8 nitrogen and oxygen atoms in total. The number of benzene rings is 2. The van der Waals surface area contributed by atoms with Crippen LogP contribution in [0, 0.1) is 10.1 Å². The Balaban J connectivity index is 1.87. The zero-order valence-electron chi connectivity index (χ0n) is 15.6. The number of anilines is 4. The van der Waals surface area contributed by atoms with Crippen molar-refractivity contribution in [2.45, 2.75) is 13.1 Å². The molecule has 0 unspecified atom stereocenters. The lowest BCUT2D eigenvalue weighted by atomic mass is 10.2. The van der Waals surface area contributed by atoms with Gasteiger partial charge in [-0.05, 0) is 43.3 Å². The molecule has 1 heterocycles. The number of rotatable bonds is 7. The van der Waals surface area contributed by atoms with E-state index in [-0.39, 0.29) is 11.6 Å². The van der Waals surface area contributed by atoms with Crippen molar-refractivity contribution in [2.24, 2.45) is 0 Å². The number of ether oxygens (including phenoxy) is 1. The van der Waals surface area contributed by atoms with Gasteiger partial charge in [0.05, 0.1) is 11.5 Å². The standard InChI is InChI=1S/C19H16F3N5O3/c1-2-30-15-9-5-12(6-10-15)24-17-16(19(20,21)22)11-23-18(26-17)25-13-3-7-14(8-4-13)27(28)29/h3-11H,2H2,1H3,(H2,23,24,25,26). The molecule has 3 aromatic rings. The van der Waals surface area contributed by atoms with Gasteiger partial charge in [0, 0.05) is 29.7 Å². The van der Waals surface area contributed by atoms with Crippen molar-refractivity contribution in [2.75, 3.05) is 17.2 Å². The van der Waals surface area contributed by atoms with Gasteiger partial charge in [-0.25, -0.2) is 4.98 Å². The normalized spacial score (nSPS) is 11.1. The number of nitrogens with zero attached hydrogens (tertiary/aromatic N) is 3. The van der Waals surface area contributed by atoms with Crippen molar-refractivity contribution < 1.29 is 22.8 Å². The summed E-state index contributed by atoms with van der Waals surface area (Å²) in [6.07, 6.45) is -4.00. The molecular weight excluding hydrogens is 403 g/mol. The van der Waals surface area contributed by atoms with Crippen LogP contribution in [0.4, 0.5) is 42.0 Å². The number of nitro benzene ring substituents is 1. The average Bonchev–Trinajstić information content (AvgIpc) is 2.69. The monoisotopic (exact) mass is 419 g/mol. The first-order valence-electron chi connectivity index (χ1n) is 8.72. The third-order valence-corrected chi connectivity index (χ3v) is 3.86. The molecule has 156 valence electrons. The van der Waals surface area contributed by atoms with Gasteiger partial charge in [-0.15, -0.1) is 0 Å². The highest BCUT2D eigenvalue weighted by Gasteiger charge is 2.35. The largest absolute Gasteiger partial charge is 0.494 e. The molecule has 2 N–H and O–H groups in total. The zero-order valence-corrected chi connectivity index (χ0v) is 15.6. The molecule has 0 spiro atoms. The van der Waals surface area contributed by atoms with E-state index in [2.05, 4.69) is 20.6 Å². The van der Waals surface area contributed by atoms with Gasteiger partial charge in [0.25, 0.3) is 5.69 Å². The molecule has 0 atom stereocenters. The molecule has 0 aliphatic heterocycles. The first kappa shape index (κ1) is 20.8. The van der Waals surface area contributed by atoms with E-state index in [4.69, 9.17) is 4.74 Å². The summed E-state index contributed by atoms with van der Waals surface area (Å²) in [6.45, 7) is 2.29. The van der Waals surface area contributed by atoms with Crippen LogP contribution in [0.1, 0.15) is 12.5 Å². The topological polar surface area (TPSA) is 102 Å². The molecule has 0 aliphatic carbocycles. The van der Waals surface area contributed by atoms with Crippen LogP contribution in [-0.2, 0) is 6.18 Å². The van der Waals surface area contributed by atoms with E-state index in [1.165, 1.54) is 24.3 Å². The average molecular weight is 419 g/mol. The van der Waals surface area contributed by atoms with E-state index in [0.717, 1.165) is 0 Å². The number of nitro groups is 1. The number of hydrogen-bond donors (Lipinski definition) is 2. The molecule has 3 rings (SSSR count). The number of aromatic nitrogens is 2. The number of halogens is 3. The molecular formula is C19H16F3N5O3. The first-order valence-corrected chi connectivity index (χ1v) is 8.72. The highest BCUT2D eigenvalue weighted by Crippen LogP contribution is 2.35. The lowest BCUT2D eigenvalue weighted by Crippen LogP contribution is -2.12. The zero-order chi connectivity index (χ0) is 21.7. The summed E-state index contributed by atoms with van der Waals surface area (Å²) < 4.78 is 45.4. The summed E-state index contributed by atoms with van der Waals surface area (Å²) in [5.74, 6) is 0.0404. The second kappa shape index (κ2) is 8.64. The van der Waals surface area contributed by atoms with Gasteiger partial charge >= 0.3 is 6.18 Å². The predicted molar refractivity (Wildman–Crippen MR) is 104 cm³/mol. The molecule has 0 radical (unpaired) electrons. The summed E-state index contributed by atoms with van der Waals surface area (Å²) in [5, 5.41) is 16.1. The quantitative estimate of drug-likeness (QED) is 0.396. The number of non-ortho nitro benzene ring substituents is 1. The van der Waals surface area contributed by atoms with Crippen molar-refractivity contribution in [3.8, 4) is 5.75 Å². The van der Waals surface area contributed by atoms with Crippen LogP contribution < -0.4 is 15.4 Å². The second-order valence-corrected chi connectivity index (χ2v) is 5.97. The third-order valence-electron chi connectivity index (χ3n) is 3.86. The minimum absolute atomic E-state index is 0.106. The van der Waals surface area contributed by atoms with Gasteiger partial charge in [0.15, 0.2) is 0 Å². The molecule has 0 bridgehead atoms. The Bertz CT molecular complexity index is 1030. The fraction of sp³-hybridized carbons (Fsp3) is 0.158. The molecule has 2 aromatic carbocycles. The maximum Gasteiger partial charge on any atom is 0.421 e. The molecule has 1 aromatic heterocycles. The van der Waals surface area contributed by atoms with Gasteiger partial charge in [0.1, 0.15) is 17.1 Å². The third kappa shape index (κ3) is 5.13. The van der Waals surface area contributed by atoms with Gasteiger partial charge in [-0.1, -0.05) is 0 Å². The Labute approximate surface area is 168 Å². The second-order valence-electron chi connectivity index (χ2n) is 5.97. The molecule has 0 saturated carbocycles. The number of alkyl halides is 3. The van der Waals surface area contributed by atoms with Gasteiger partial charge in [0.2, 0.25) is 5.95 Å². The van der Waals surface area contributed by atoms with Crippen LogP contribution in [0.15, 0.2) is 54.7 Å². The Kier molecular flexibility index (Phi) is 6.00. The van der Waals surface area contributed by atoms with E-state index < -0.39 is 22.5 Å². The first-order chi connectivity index (χ1) is 14.3. The minimum Gasteiger partial charge on any atom is -0.494 e. The lowest BCUT2D eigenvalue weighted by molar-refractivity contribution is -0.384. The maximum absolute atomic E-state index is 13.4. The van der Waals surface area contributed by atoms with Crippen LogP contribution in [-0.4, -0.2) is 21.5 Å². The number of hydrogen-bond acceptors (Lipinski definition) is 7. The Morgan fingerprint density at radius 1 is 1.03 bits per heavy atom. The SMILES string of the molecule is CCOc1ccc(Nc2nc(Nc3ccc([N+](=O)[O-])cc3)ncc2C(F)(F)F)cc1. The smallest absolute Gasteiger partial charge is 0.421 e. The van der Waals surface area contributed by atoms with Crippen LogP contribution >= 0.6 is 0 Å². The van der Waals surface area contributed by atoms with E-state index in [9.17, 15) is 23.3 Å². The molecule has 0 aliphatic rings. The van der Waals surface area contributed by atoms with Crippen LogP contribution in [0.5, 0.6) is 5.75 Å². The molecule has 11 heteroatoms. The Morgan fingerprint density at radius 2 is 1.63 bits per heavy atom. The van der Waals surface area contributed by atoms with Gasteiger partial charge in [-0.3, -0.25) is 10.1 Å². The summed E-state index contributed by atoms with van der Waals surface area (Å²) in [4.78, 5) is 17.8. The van der Waals surface area contributed by atoms with Crippen LogP contribution in [0.3, 0.4) is 0 Å². The minimum atomic E-state index is -4.67. The fourth-order valence-corrected chi connectivity index (χ4v) is 2.48. The van der Waals surface area contributed by atoms with Crippen molar-refractivity contribution in [1.82, 2.24) is 9.97 Å². The van der Waals surface area contributed by atoms with Crippen molar-refractivity contribution in [1.29, 1.82) is 0 Å². The maximum atomic E-state index is 13.4. The van der Waals surface area contributed by atoms with Crippen molar-refractivity contribution in [3.63, 3.8) is 0 Å². The van der Waals surface area contributed by atoms with Gasteiger partial charge < -0.3 is 15.4 Å². The summed E-state index contributed by atoms with van der Waals surface area (Å²) in [7, 11) is 0. The van der Waals surface area contributed by atoms with E-state index in [1.807, 2.05) is 6.92 Å². The summed E-state index contributed by atoms with van der Waals surface area (Å²) in [5.41, 5.74) is -0.395. The Hall–Kier alpha value is -3.89. The summed E-state index contributed by atoms with van der Waals surface area (Å²) >= 11 is 0. The fourth-order valence-electron chi connectivity index (χ4n) is 2.48. The van der Waals surface area contributed by atoms with Crippen molar-refractivity contribution in [3.05, 3.63) is 70.4 Å². The van der Waals surface area contributed by atoms with E-state index in [0.29, 0.717) is 29.9 Å². The van der Waals surface area contributed by atoms with Crippen LogP contribution in [0.25, 0.3) is 0 Å². The molecule has 30 heavy (non-hydrogen) atoms. The number of nitrogens with one attached hydrogen (secondary N) is 2. The lowest BCUT2D eigenvalue weighted by Gasteiger charge is -2.15. The molecule has 0 saturated heterocycles. The van der Waals surface area contributed by atoms with E-state index >= 15 is 0 Å². The highest BCUT2D eigenvalue weighted by molar-refractivity contribution is 5.63. The predicted octanol–water partition coefficient (Wildman–Crippen LogP) is 5.29. The van der Waals surface area contributed by atoms with Crippen molar-refractivity contribution >= 4 is 28.8 Å². The van der Waals surface area contributed by atoms with E-state index in [1.54, 1.807) is 24.3 Å². The highest BCUT2D eigenvalue weighted by atomic mass is 19.4. The van der Waals surface area contributed by atoms with Crippen LogP contribution in [0.2, 0.25) is 0 Å². The molecule has 0 amide bonds. The summed E-state index contributed by atoms with van der Waals surface area (Å²) in [6, 6.07) is 11.7. The Morgan fingerprint density at radius 3 is 2.20 bits per heavy atom.